The fraction of sp³-hybridized carbons (Fsp3) is 0.333. The smallest absolute Gasteiger partial charge is 0.329 e. The number of benzene rings is 1. The van der Waals surface area contributed by atoms with Crippen LogP contribution in [-0.2, 0) is 0 Å². The number of imide groups is 1. The lowest BCUT2D eigenvalue weighted by atomic mass is 10.3. The fourth-order valence-electron chi connectivity index (χ4n) is 1.27. The minimum Gasteiger partial charge on any atom is -0.497 e. The lowest BCUT2D eigenvalue weighted by Crippen LogP contribution is -2.42. The lowest BCUT2D eigenvalue weighted by Gasteiger charge is -2.20. The van der Waals surface area contributed by atoms with E-state index in [0.29, 0.717) is 11.4 Å². The molecule has 4 amide bonds. The Bertz CT molecular complexity index is 429. The van der Waals surface area contributed by atoms with E-state index in [4.69, 9.17) is 4.74 Å². The van der Waals surface area contributed by atoms with Gasteiger partial charge in [-0.15, -0.1) is 0 Å². The Labute approximate surface area is 106 Å². The molecule has 1 N–H and O–H groups in total. The minimum atomic E-state index is -0.487. The van der Waals surface area contributed by atoms with Gasteiger partial charge in [-0.05, 0) is 24.3 Å². The summed E-state index contributed by atoms with van der Waals surface area (Å²) < 4.78 is 5.01. The van der Waals surface area contributed by atoms with Gasteiger partial charge in [-0.1, -0.05) is 0 Å². The molecule has 0 radical (unpaired) electrons. The number of carbonyl (C=O) groups excluding carboxylic acids is 2. The van der Waals surface area contributed by atoms with E-state index in [-0.39, 0.29) is 6.03 Å². The molecular weight excluding hydrogens is 234 g/mol. The van der Waals surface area contributed by atoms with Crippen LogP contribution in [0, 0.1) is 0 Å². The Morgan fingerprint density at radius 2 is 1.67 bits per heavy atom. The molecule has 0 bridgehead atoms. The maximum Gasteiger partial charge on any atom is 0.329 e. The zero-order valence-electron chi connectivity index (χ0n) is 10.9. The second-order valence-electron chi connectivity index (χ2n) is 3.89. The monoisotopic (exact) mass is 251 g/mol. The standard InChI is InChI=1S/C12H17N3O3/c1-14(2)12(17)15(3)11(16)13-9-5-7-10(18-4)8-6-9/h5-8H,1-4H3,(H,13,16). The molecule has 0 aromatic heterocycles. The van der Waals surface area contributed by atoms with Crippen LogP contribution in [0.1, 0.15) is 0 Å². The number of amides is 4. The van der Waals surface area contributed by atoms with Crippen LogP contribution in [0.5, 0.6) is 5.75 Å². The van der Waals surface area contributed by atoms with Crippen molar-refractivity contribution in [3.05, 3.63) is 24.3 Å². The number of ether oxygens (including phenoxy) is 1. The van der Waals surface area contributed by atoms with Crippen LogP contribution >= 0.6 is 0 Å². The first-order valence-electron chi connectivity index (χ1n) is 5.35. The summed E-state index contributed by atoms with van der Waals surface area (Å²) in [5.41, 5.74) is 0.596. The first kappa shape index (κ1) is 13.8. The van der Waals surface area contributed by atoms with Crippen molar-refractivity contribution in [1.82, 2.24) is 9.80 Å². The topological polar surface area (TPSA) is 61.9 Å². The number of anilines is 1. The molecule has 1 aromatic rings. The summed E-state index contributed by atoms with van der Waals surface area (Å²) in [5.74, 6) is 0.700. The number of nitrogens with one attached hydrogen (secondary N) is 1. The van der Waals surface area contributed by atoms with Crippen molar-refractivity contribution in [3.8, 4) is 5.75 Å². The summed E-state index contributed by atoms with van der Waals surface area (Å²) in [7, 11) is 6.15. The van der Waals surface area contributed by atoms with E-state index < -0.39 is 6.03 Å². The van der Waals surface area contributed by atoms with Crippen molar-refractivity contribution in [2.24, 2.45) is 0 Å². The van der Waals surface area contributed by atoms with Crippen LogP contribution < -0.4 is 10.1 Å². The van der Waals surface area contributed by atoms with Gasteiger partial charge in [-0.25, -0.2) is 14.5 Å². The van der Waals surface area contributed by atoms with Gasteiger partial charge in [-0.3, -0.25) is 0 Å². The van der Waals surface area contributed by atoms with Gasteiger partial charge in [0.1, 0.15) is 5.75 Å². The third kappa shape index (κ3) is 3.38. The minimum absolute atomic E-state index is 0.388. The molecule has 1 rings (SSSR count). The molecule has 0 aliphatic carbocycles. The van der Waals surface area contributed by atoms with Crippen molar-refractivity contribution in [2.45, 2.75) is 0 Å². The number of hydrogen-bond acceptors (Lipinski definition) is 3. The summed E-state index contributed by atoms with van der Waals surface area (Å²) in [6, 6.07) is 5.97. The predicted octanol–water partition coefficient (Wildman–Crippen LogP) is 1.84. The maximum absolute atomic E-state index is 11.7. The zero-order valence-corrected chi connectivity index (χ0v) is 10.9. The van der Waals surface area contributed by atoms with Gasteiger partial charge >= 0.3 is 12.1 Å². The number of urea groups is 2. The molecule has 0 aliphatic heterocycles. The second kappa shape index (κ2) is 5.90. The third-order valence-corrected chi connectivity index (χ3v) is 2.32. The molecule has 0 atom stereocenters. The SMILES string of the molecule is COc1ccc(NC(=O)N(C)C(=O)N(C)C)cc1. The number of nitrogens with zero attached hydrogens (tertiary/aromatic N) is 2. The van der Waals surface area contributed by atoms with Crippen LogP contribution in [0.2, 0.25) is 0 Å². The number of hydrogen-bond donors (Lipinski definition) is 1. The highest BCUT2D eigenvalue weighted by molar-refractivity contribution is 6.00. The van der Waals surface area contributed by atoms with Crippen molar-refractivity contribution in [2.75, 3.05) is 33.6 Å². The van der Waals surface area contributed by atoms with Gasteiger partial charge in [0.2, 0.25) is 0 Å². The van der Waals surface area contributed by atoms with E-state index in [9.17, 15) is 9.59 Å². The Balaban J connectivity index is 2.66. The van der Waals surface area contributed by atoms with E-state index in [0.717, 1.165) is 4.90 Å². The molecule has 1 aromatic carbocycles. The molecule has 98 valence electrons. The molecule has 18 heavy (non-hydrogen) atoms. The highest BCUT2D eigenvalue weighted by Gasteiger charge is 2.18. The number of methoxy groups -OCH3 is 1. The second-order valence-corrected chi connectivity index (χ2v) is 3.89. The molecule has 6 heteroatoms. The van der Waals surface area contributed by atoms with E-state index >= 15 is 0 Å². The van der Waals surface area contributed by atoms with Gasteiger partial charge < -0.3 is 15.0 Å². The van der Waals surface area contributed by atoms with Crippen molar-refractivity contribution < 1.29 is 14.3 Å². The van der Waals surface area contributed by atoms with Crippen molar-refractivity contribution >= 4 is 17.7 Å². The van der Waals surface area contributed by atoms with E-state index in [1.54, 1.807) is 45.5 Å². The maximum atomic E-state index is 11.7. The molecule has 0 heterocycles. The van der Waals surface area contributed by atoms with Gasteiger partial charge in [0.15, 0.2) is 0 Å². The molecule has 0 spiro atoms. The van der Waals surface area contributed by atoms with Gasteiger partial charge in [-0.2, -0.15) is 0 Å². The molecule has 0 saturated heterocycles. The Morgan fingerprint density at radius 3 is 2.11 bits per heavy atom. The average Bonchev–Trinajstić information content (AvgIpc) is 2.37. The van der Waals surface area contributed by atoms with Crippen LogP contribution in [0.4, 0.5) is 15.3 Å². The first-order chi connectivity index (χ1) is 8.45. The summed E-state index contributed by atoms with van der Waals surface area (Å²) in [5, 5.41) is 2.61. The predicted molar refractivity (Wildman–Crippen MR) is 68.9 cm³/mol. The third-order valence-electron chi connectivity index (χ3n) is 2.32. The normalized spacial score (nSPS) is 9.56. The summed E-state index contributed by atoms with van der Waals surface area (Å²) in [4.78, 5) is 25.6. The average molecular weight is 251 g/mol. The van der Waals surface area contributed by atoms with Gasteiger partial charge in [0.05, 0.1) is 7.11 Å². The Morgan fingerprint density at radius 1 is 1.11 bits per heavy atom. The number of carbonyl (C=O) groups is 2. The Hall–Kier alpha value is -2.24. The van der Waals surface area contributed by atoms with Crippen LogP contribution in [0.15, 0.2) is 24.3 Å². The van der Waals surface area contributed by atoms with Crippen molar-refractivity contribution in [1.29, 1.82) is 0 Å². The molecular formula is C12H17N3O3. The van der Waals surface area contributed by atoms with Crippen molar-refractivity contribution in [3.63, 3.8) is 0 Å². The summed E-state index contributed by atoms with van der Waals surface area (Å²) >= 11 is 0. The summed E-state index contributed by atoms with van der Waals surface area (Å²) in [6.45, 7) is 0. The largest absolute Gasteiger partial charge is 0.497 e. The zero-order chi connectivity index (χ0) is 13.7. The first-order valence-corrected chi connectivity index (χ1v) is 5.35. The molecule has 0 fully saturated rings. The van der Waals surface area contributed by atoms with Crippen LogP contribution in [0.25, 0.3) is 0 Å². The van der Waals surface area contributed by atoms with Crippen LogP contribution in [0.3, 0.4) is 0 Å². The van der Waals surface area contributed by atoms with E-state index in [2.05, 4.69) is 5.32 Å². The van der Waals surface area contributed by atoms with E-state index in [1.165, 1.54) is 11.9 Å². The molecule has 0 unspecified atom stereocenters. The van der Waals surface area contributed by atoms with Gasteiger partial charge in [0, 0.05) is 26.8 Å². The van der Waals surface area contributed by atoms with E-state index in [1.807, 2.05) is 0 Å². The molecule has 6 nitrogen and oxygen atoms in total. The molecule has 0 aliphatic rings. The highest BCUT2D eigenvalue weighted by Crippen LogP contribution is 2.15. The highest BCUT2D eigenvalue weighted by atomic mass is 16.5. The fourth-order valence-corrected chi connectivity index (χ4v) is 1.27. The summed E-state index contributed by atoms with van der Waals surface area (Å²) in [6.07, 6.45) is 0. The van der Waals surface area contributed by atoms with Gasteiger partial charge in [0.25, 0.3) is 0 Å². The Kier molecular flexibility index (Phi) is 4.53. The number of rotatable bonds is 2. The van der Waals surface area contributed by atoms with Crippen LogP contribution in [-0.4, -0.2) is 50.1 Å². The molecule has 0 saturated carbocycles. The quantitative estimate of drug-likeness (QED) is 0.872. The lowest BCUT2D eigenvalue weighted by molar-refractivity contribution is 0.182.